The van der Waals surface area contributed by atoms with Crippen LogP contribution in [0, 0.1) is 13.8 Å². The molecule has 0 unspecified atom stereocenters. The summed E-state index contributed by atoms with van der Waals surface area (Å²) in [4.78, 5) is 24.1. The fraction of sp³-hybridized carbons (Fsp3) is 0.273. The van der Waals surface area contributed by atoms with Crippen LogP contribution < -0.4 is 5.63 Å². The van der Waals surface area contributed by atoms with E-state index in [0.29, 0.717) is 22.6 Å². The molecule has 0 spiro atoms. The smallest absolute Gasteiger partial charge is 0.338 e. The fourth-order valence-electron chi connectivity index (χ4n) is 3.05. The number of hydrogen-bond acceptors (Lipinski definition) is 4. The Bertz CT molecular complexity index is 1010. The van der Waals surface area contributed by atoms with Crippen molar-refractivity contribution in [1.29, 1.82) is 0 Å². The maximum absolute atomic E-state index is 12.3. The molecule has 0 aliphatic heterocycles. The van der Waals surface area contributed by atoms with Crippen LogP contribution in [0.4, 0.5) is 0 Å². The van der Waals surface area contributed by atoms with E-state index in [9.17, 15) is 9.59 Å². The number of esters is 1. The van der Waals surface area contributed by atoms with Gasteiger partial charge in [-0.25, -0.2) is 9.59 Å². The summed E-state index contributed by atoms with van der Waals surface area (Å²) in [6.45, 7) is 8.21. The lowest BCUT2D eigenvalue weighted by molar-refractivity contribution is 0.0474. The van der Waals surface area contributed by atoms with Crippen molar-refractivity contribution >= 4 is 16.9 Å². The maximum atomic E-state index is 12.3. The summed E-state index contributed by atoms with van der Waals surface area (Å²) in [7, 11) is 0. The quantitative estimate of drug-likeness (QED) is 0.496. The van der Waals surface area contributed by atoms with E-state index < -0.39 is 11.6 Å². The van der Waals surface area contributed by atoms with Gasteiger partial charge in [0.15, 0.2) is 0 Å². The van der Waals surface area contributed by atoms with E-state index in [2.05, 4.69) is 13.8 Å². The predicted molar refractivity (Wildman–Crippen MR) is 102 cm³/mol. The van der Waals surface area contributed by atoms with Crippen molar-refractivity contribution in [3.8, 4) is 0 Å². The average molecular weight is 350 g/mol. The van der Waals surface area contributed by atoms with Gasteiger partial charge >= 0.3 is 11.6 Å². The first-order valence-electron chi connectivity index (χ1n) is 8.66. The summed E-state index contributed by atoms with van der Waals surface area (Å²) < 4.78 is 10.8. The van der Waals surface area contributed by atoms with E-state index in [0.717, 1.165) is 16.5 Å². The largest absolute Gasteiger partial charge is 0.457 e. The van der Waals surface area contributed by atoms with Gasteiger partial charge in [0.05, 0.1) is 5.56 Å². The van der Waals surface area contributed by atoms with E-state index in [1.165, 1.54) is 11.6 Å². The summed E-state index contributed by atoms with van der Waals surface area (Å²) in [5.41, 5.74) is 4.53. The first-order chi connectivity index (χ1) is 12.3. The molecule has 3 aromatic rings. The minimum Gasteiger partial charge on any atom is -0.457 e. The highest BCUT2D eigenvalue weighted by Gasteiger charge is 2.13. The fourth-order valence-corrected chi connectivity index (χ4v) is 3.05. The van der Waals surface area contributed by atoms with Gasteiger partial charge in [0, 0.05) is 17.0 Å². The first-order valence-corrected chi connectivity index (χ1v) is 8.66. The van der Waals surface area contributed by atoms with E-state index >= 15 is 0 Å². The SMILES string of the molecule is Cc1ccc(C(=O)OCc2cc(=O)oc3cc(C)c(C(C)C)cc23)cc1. The van der Waals surface area contributed by atoms with Crippen LogP contribution in [0.25, 0.3) is 11.0 Å². The van der Waals surface area contributed by atoms with Gasteiger partial charge in [-0.05, 0) is 55.2 Å². The lowest BCUT2D eigenvalue weighted by atomic mass is 9.95. The number of rotatable bonds is 4. The molecule has 0 bridgehead atoms. The Morgan fingerprint density at radius 1 is 1.08 bits per heavy atom. The normalized spacial score (nSPS) is 11.1. The third kappa shape index (κ3) is 3.69. The lowest BCUT2D eigenvalue weighted by Gasteiger charge is -2.13. The van der Waals surface area contributed by atoms with Gasteiger partial charge in [0.25, 0.3) is 0 Å². The standard InChI is InChI=1S/C22H22O4/c1-13(2)18-11-19-17(10-21(23)26-20(19)9-15(18)4)12-25-22(24)16-7-5-14(3)6-8-16/h5-11,13H,12H2,1-4H3. The molecule has 1 heterocycles. The molecule has 4 heteroatoms. The molecular formula is C22H22O4. The number of benzene rings is 2. The summed E-state index contributed by atoms with van der Waals surface area (Å²) in [5.74, 6) is -0.0723. The van der Waals surface area contributed by atoms with Gasteiger partial charge in [0.1, 0.15) is 12.2 Å². The van der Waals surface area contributed by atoms with Crippen LogP contribution in [0.2, 0.25) is 0 Å². The van der Waals surface area contributed by atoms with Crippen LogP contribution in [0.3, 0.4) is 0 Å². The molecule has 0 aliphatic carbocycles. The Balaban J connectivity index is 1.93. The zero-order valence-corrected chi connectivity index (χ0v) is 15.5. The van der Waals surface area contributed by atoms with Gasteiger partial charge in [-0.3, -0.25) is 0 Å². The summed E-state index contributed by atoms with van der Waals surface area (Å²) in [5, 5.41) is 0.801. The molecule has 0 saturated carbocycles. The van der Waals surface area contributed by atoms with Gasteiger partial charge in [0.2, 0.25) is 0 Å². The molecule has 3 rings (SSSR count). The zero-order valence-electron chi connectivity index (χ0n) is 15.5. The van der Waals surface area contributed by atoms with Crippen molar-refractivity contribution in [2.45, 2.75) is 40.2 Å². The molecule has 26 heavy (non-hydrogen) atoms. The molecule has 134 valence electrons. The highest BCUT2D eigenvalue weighted by molar-refractivity contribution is 5.89. The Kier molecular flexibility index (Phi) is 4.94. The number of aryl methyl sites for hydroxylation is 2. The lowest BCUT2D eigenvalue weighted by Crippen LogP contribution is -2.08. The number of carbonyl (C=O) groups is 1. The second-order valence-corrected chi connectivity index (χ2v) is 6.89. The van der Waals surface area contributed by atoms with Gasteiger partial charge in [-0.15, -0.1) is 0 Å². The minimum absolute atomic E-state index is 0.0232. The molecule has 4 nitrogen and oxygen atoms in total. The molecule has 2 aromatic carbocycles. The Morgan fingerprint density at radius 3 is 2.42 bits per heavy atom. The van der Waals surface area contributed by atoms with Crippen LogP contribution in [0.5, 0.6) is 0 Å². The Hall–Kier alpha value is -2.88. The van der Waals surface area contributed by atoms with Crippen LogP contribution in [-0.4, -0.2) is 5.97 Å². The average Bonchev–Trinajstić information content (AvgIpc) is 2.59. The van der Waals surface area contributed by atoms with Crippen molar-refractivity contribution in [2.24, 2.45) is 0 Å². The second kappa shape index (κ2) is 7.16. The number of hydrogen-bond donors (Lipinski definition) is 0. The molecule has 0 aliphatic rings. The van der Waals surface area contributed by atoms with Crippen LogP contribution in [0.1, 0.15) is 52.4 Å². The van der Waals surface area contributed by atoms with Crippen molar-refractivity contribution in [3.05, 3.63) is 80.7 Å². The van der Waals surface area contributed by atoms with Crippen LogP contribution in [0.15, 0.2) is 51.7 Å². The van der Waals surface area contributed by atoms with Crippen molar-refractivity contribution in [2.75, 3.05) is 0 Å². The maximum Gasteiger partial charge on any atom is 0.338 e. The molecule has 0 radical (unpaired) electrons. The minimum atomic E-state index is -0.449. The van der Waals surface area contributed by atoms with E-state index in [1.54, 1.807) is 12.1 Å². The van der Waals surface area contributed by atoms with Gasteiger partial charge in [-0.2, -0.15) is 0 Å². The van der Waals surface area contributed by atoms with Crippen molar-refractivity contribution in [1.82, 2.24) is 0 Å². The summed E-state index contributed by atoms with van der Waals surface area (Å²) in [6, 6.07) is 12.5. The highest BCUT2D eigenvalue weighted by Crippen LogP contribution is 2.27. The molecular weight excluding hydrogens is 328 g/mol. The zero-order chi connectivity index (χ0) is 18.8. The summed E-state index contributed by atoms with van der Waals surface area (Å²) in [6.07, 6.45) is 0. The number of fused-ring (bicyclic) bond motifs is 1. The topological polar surface area (TPSA) is 56.5 Å². The third-order valence-corrected chi connectivity index (χ3v) is 4.48. The molecule has 0 saturated heterocycles. The second-order valence-electron chi connectivity index (χ2n) is 6.89. The molecule has 0 atom stereocenters. The first kappa shape index (κ1) is 17.9. The number of ether oxygens (including phenoxy) is 1. The third-order valence-electron chi connectivity index (χ3n) is 4.48. The van der Waals surface area contributed by atoms with E-state index in [1.807, 2.05) is 38.1 Å². The highest BCUT2D eigenvalue weighted by atomic mass is 16.5. The number of carbonyl (C=O) groups excluding carboxylic acids is 1. The van der Waals surface area contributed by atoms with Crippen molar-refractivity contribution in [3.63, 3.8) is 0 Å². The van der Waals surface area contributed by atoms with E-state index in [4.69, 9.17) is 9.15 Å². The Labute approximate surface area is 152 Å². The molecule has 0 N–H and O–H groups in total. The molecule has 0 fully saturated rings. The van der Waals surface area contributed by atoms with Gasteiger partial charge < -0.3 is 9.15 Å². The van der Waals surface area contributed by atoms with Crippen LogP contribution >= 0.6 is 0 Å². The van der Waals surface area contributed by atoms with E-state index in [-0.39, 0.29) is 6.61 Å². The summed E-state index contributed by atoms with van der Waals surface area (Å²) >= 11 is 0. The monoisotopic (exact) mass is 350 g/mol. The van der Waals surface area contributed by atoms with Gasteiger partial charge in [-0.1, -0.05) is 31.5 Å². The van der Waals surface area contributed by atoms with Crippen molar-refractivity contribution < 1.29 is 13.9 Å². The Morgan fingerprint density at radius 2 is 1.77 bits per heavy atom. The molecule has 0 amide bonds. The predicted octanol–water partition coefficient (Wildman–Crippen LogP) is 4.89. The molecule has 1 aromatic heterocycles. The van der Waals surface area contributed by atoms with Crippen LogP contribution in [-0.2, 0) is 11.3 Å².